The van der Waals surface area contributed by atoms with E-state index in [0.717, 1.165) is 11.5 Å². The van der Waals surface area contributed by atoms with Gasteiger partial charge in [-0.25, -0.2) is 0 Å². The number of amides is 1. The van der Waals surface area contributed by atoms with Crippen LogP contribution in [0, 0.1) is 0 Å². The summed E-state index contributed by atoms with van der Waals surface area (Å²) < 4.78 is 3.76. The number of nitrogens with zero attached hydrogens (tertiary/aromatic N) is 2. The number of Topliss-reactive ketones (excluding diaryl/α,β-unsaturated/α-hetero) is 1. The summed E-state index contributed by atoms with van der Waals surface area (Å²) >= 11 is 1.06. The normalized spacial score (nSPS) is 12.6. The van der Waals surface area contributed by atoms with Gasteiger partial charge in [0.25, 0.3) is 5.91 Å². The monoisotopic (exact) mass is 241 g/mol. The molecule has 6 heteroatoms. The lowest BCUT2D eigenvalue weighted by atomic mass is 10.1. The fraction of sp³-hybridized carbons (Fsp3) is 0.600. The quantitative estimate of drug-likeness (QED) is 0.864. The first kappa shape index (κ1) is 12.8. The van der Waals surface area contributed by atoms with Crippen molar-refractivity contribution >= 4 is 23.2 Å². The van der Waals surface area contributed by atoms with E-state index < -0.39 is 6.04 Å². The van der Waals surface area contributed by atoms with Crippen molar-refractivity contribution in [1.29, 1.82) is 0 Å². The van der Waals surface area contributed by atoms with Crippen LogP contribution in [0.2, 0.25) is 0 Å². The summed E-state index contributed by atoms with van der Waals surface area (Å²) in [4.78, 5) is 23.3. The number of hydrogen-bond acceptors (Lipinski definition) is 5. The van der Waals surface area contributed by atoms with E-state index in [9.17, 15) is 9.59 Å². The van der Waals surface area contributed by atoms with E-state index >= 15 is 0 Å². The Balaban J connectivity index is 2.81. The van der Waals surface area contributed by atoms with Gasteiger partial charge in [0.05, 0.1) is 11.7 Å². The average Bonchev–Trinajstić information content (AvgIpc) is 2.65. The third-order valence-corrected chi connectivity index (χ3v) is 2.96. The van der Waals surface area contributed by atoms with Crippen LogP contribution in [0.25, 0.3) is 0 Å². The third-order valence-electron chi connectivity index (χ3n) is 2.22. The molecule has 5 nitrogen and oxygen atoms in total. The van der Waals surface area contributed by atoms with Gasteiger partial charge < -0.3 is 5.32 Å². The maximum atomic E-state index is 11.8. The highest BCUT2D eigenvalue weighted by atomic mass is 32.1. The van der Waals surface area contributed by atoms with Gasteiger partial charge in [0.2, 0.25) is 0 Å². The molecule has 0 bridgehead atoms. The highest BCUT2D eigenvalue weighted by Gasteiger charge is 2.20. The molecule has 1 aromatic heterocycles. The molecule has 16 heavy (non-hydrogen) atoms. The molecule has 1 rings (SSSR count). The number of nitrogens with one attached hydrogen (secondary N) is 1. The van der Waals surface area contributed by atoms with E-state index in [1.807, 2.05) is 13.8 Å². The van der Waals surface area contributed by atoms with Crippen LogP contribution < -0.4 is 5.32 Å². The Kier molecular flexibility index (Phi) is 4.12. The highest BCUT2D eigenvalue weighted by Crippen LogP contribution is 2.19. The molecule has 0 aliphatic carbocycles. The van der Waals surface area contributed by atoms with Crippen LogP contribution >= 0.6 is 11.5 Å². The molecule has 1 unspecified atom stereocenters. The molecule has 1 N–H and O–H groups in total. The van der Waals surface area contributed by atoms with Crippen LogP contribution in [0.3, 0.4) is 0 Å². The van der Waals surface area contributed by atoms with Crippen molar-refractivity contribution in [3.63, 3.8) is 0 Å². The first-order valence-electron chi connectivity index (χ1n) is 5.07. The molecule has 0 aliphatic heterocycles. The Bertz CT molecular complexity index is 401. The number of hydrogen-bond donors (Lipinski definition) is 1. The molecular weight excluding hydrogens is 226 g/mol. The fourth-order valence-corrected chi connectivity index (χ4v) is 1.82. The average molecular weight is 241 g/mol. The van der Waals surface area contributed by atoms with Gasteiger partial charge in [0.15, 0.2) is 5.78 Å². The molecule has 1 atom stereocenters. The van der Waals surface area contributed by atoms with Crippen LogP contribution in [0.5, 0.6) is 0 Å². The second kappa shape index (κ2) is 5.16. The Labute approximate surface area is 98.4 Å². The summed E-state index contributed by atoms with van der Waals surface area (Å²) in [5.74, 6) is -0.203. The molecule has 88 valence electrons. The molecule has 0 spiro atoms. The molecule has 0 aliphatic rings. The Morgan fingerprint density at radius 3 is 2.44 bits per heavy atom. The van der Waals surface area contributed by atoms with Gasteiger partial charge in [-0.3, -0.25) is 9.59 Å². The lowest BCUT2D eigenvalue weighted by Gasteiger charge is -2.10. The minimum atomic E-state index is -0.477. The summed E-state index contributed by atoms with van der Waals surface area (Å²) in [5, 5.41) is 6.53. The highest BCUT2D eigenvalue weighted by molar-refractivity contribution is 7.08. The summed E-state index contributed by atoms with van der Waals surface area (Å²) in [6.45, 7) is 6.99. The first-order chi connectivity index (χ1) is 7.43. The molecule has 0 saturated carbocycles. The van der Waals surface area contributed by atoms with Crippen molar-refractivity contribution in [1.82, 2.24) is 14.9 Å². The van der Waals surface area contributed by atoms with Gasteiger partial charge in [-0.1, -0.05) is 18.3 Å². The largest absolute Gasteiger partial charge is 0.342 e. The molecule has 1 aromatic rings. The van der Waals surface area contributed by atoms with E-state index in [-0.39, 0.29) is 17.6 Å². The number of carbonyl (C=O) groups excluding carboxylic acids is 2. The zero-order valence-corrected chi connectivity index (χ0v) is 10.6. The molecule has 0 radical (unpaired) electrons. The standard InChI is InChI=1S/C10H15N3O2S/c1-5(2)8-9(16-13-12-8)10(15)11-6(3)7(4)14/h5-6H,1-4H3,(H,11,15). The molecule has 1 heterocycles. The van der Waals surface area contributed by atoms with Crippen molar-refractivity contribution < 1.29 is 9.59 Å². The van der Waals surface area contributed by atoms with Crippen LogP contribution in [0.4, 0.5) is 0 Å². The van der Waals surface area contributed by atoms with Crippen LogP contribution in [0.1, 0.15) is 49.0 Å². The van der Waals surface area contributed by atoms with E-state index in [1.165, 1.54) is 6.92 Å². The van der Waals surface area contributed by atoms with E-state index in [0.29, 0.717) is 10.6 Å². The predicted molar refractivity (Wildman–Crippen MR) is 61.6 cm³/mol. The van der Waals surface area contributed by atoms with Crippen molar-refractivity contribution in [3.05, 3.63) is 10.6 Å². The van der Waals surface area contributed by atoms with Gasteiger partial charge >= 0.3 is 0 Å². The molecule has 0 aromatic carbocycles. The minimum absolute atomic E-state index is 0.0723. The predicted octanol–water partition coefficient (Wildman–Crippen LogP) is 1.37. The third kappa shape index (κ3) is 2.85. The Morgan fingerprint density at radius 1 is 1.31 bits per heavy atom. The van der Waals surface area contributed by atoms with Crippen LogP contribution in [-0.4, -0.2) is 27.3 Å². The fourth-order valence-electron chi connectivity index (χ4n) is 1.10. The lowest BCUT2D eigenvalue weighted by Crippen LogP contribution is -2.37. The summed E-state index contributed by atoms with van der Waals surface area (Å²) in [6, 6.07) is -0.477. The summed E-state index contributed by atoms with van der Waals surface area (Å²) in [6.07, 6.45) is 0. The zero-order chi connectivity index (χ0) is 12.3. The van der Waals surface area contributed by atoms with Crippen LogP contribution in [0.15, 0.2) is 0 Å². The summed E-state index contributed by atoms with van der Waals surface area (Å²) in [7, 11) is 0. The lowest BCUT2D eigenvalue weighted by molar-refractivity contribution is -0.118. The molecule has 0 fully saturated rings. The van der Waals surface area contributed by atoms with Gasteiger partial charge in [0.1, 0.15) is 4.88 Å². The maximum absolute atomic E-state index is 11.8. The van der Waals surface area contributed by atoms with Gasteiger partial charge in [0, 0.05) is 0 Å². The van der Waals surface area contributed by atoms with E-state index in [2.05, 4.69) is 14.9 Å². The molecular formula is C10H15N3O2S. The van der Waals surface area contributed by atoms with Gasteiger partial charge in [-0.15, -0.1) is 5.10 Å². The van der Waals surface area contributed by atoms with Crippen LogP contribution in [-0.2, 0) is 4.79 Å². The van der Waals surface area contributed by atoms with E-state index in [4.69, 9.17) is 0 Å². The topological polar surface area (TPSA) is 72.0 Å². The molecule has 0 saturated heterocycles. The minimum Gasteiger partial charge on any atom is -0.342 e. The van der Waals surface area contributed by atoms with Gasteiger partial charge in [-0.05, 0) is 31.3 Å². The second-order valence-corrected chi connectivity index (χ2v) is 4.70. The number of rotatable bonds is 4. The van der Waals surface area contributed by atoms with Crippen molar-refractivity contribution in [2.24, 2.45) is 0 Å². The number of ketones is 1. The summed E-state index contributed by atoms with van der Waals surface area (Å²) in [5.41, 5.74) is 0.679. The second-order valence-electron chi connectivity index (χ2n) is 3.95. The smallest absolute Gasteiger partial charge is 0.265 e. The zero-order valence-electron chi connectivity index (χ0n) is 9.77. The Hall–Kier alpha value is -1.30. The maximum Gasteiger partial charge on any atom is 0.265 e. The molecule has 1 amide bonds. The number of aromatic nitrogens is 2. The Morgan fingerprint density at radius 2 is 1.94 bits per heavy atom. The first-order valence-corrected chi connectivity index (χ1v) is 5.84. The van der Waals surface area contributed by atoms with Crippen molar-refractivity contribution in [3.8, 4) is 0 Å². The van der Waals surface area contributed by atoms with Gasteiger partial charge in [-0.2, -0.15) is 0 Å². The van der Waals surface area contributed by atoms with E-state index in [1.54, 1.807) is 6.92 Å². The van der Waals surface area contributed by atoms with Crippen molar-refractivity contribution in [2.45, 2.75) is 39.7 Å². The van der Waals surface area contributed by atoms with Crippen molar-refractivity contribution in [2.75, 3.05) is 0 Å². The number of carbonyl (C=O) groups is 2. The SMILES string of the molecule is CC(=O)C(C)NC(=O)c1snnc1C(C)C.